The van der Waals surface area contributed by atoms with Crippen LogP contribution in [-0.4, -0.2) is 23.0 Å². The molecule has 0 saturated carbocycles. The third-order valence-corrected chi connectivity index (χ3v) is 3.39. The van der Waals surface area contributed by atoms with Crippen LogP contribution in [0.15, 0.2) is 30.5 Å². The molecule has 3 rings (SSSR count). The second-order valence-electron chi connectivity index (χ2n) is 4.75. The van der Waals surface area contributed by atoms with Crippen LogP contribution in [0.4, 0.5) is 0 Å². The van der Waals surface area contributed by atoms with Gasteiger partial charge in [-0.15, -0.1) is 0 Å². The highest BCUT2D eigenvalue weighted by molar-refractivity contribution is 5.87. The number of aromatic nitrogens is 1. The lowest BCUT2D eigenvalue weighted by Gasteiger charge is -2.22. The fourth-order valence-corrected chi connectivity index (χ4v) is 2.36. The third-order valence-electron chi connectivity index (χ3n) is 3.39. The summed E-state index contributed by atoms with van der Waals surface area (Å²) in [6, 6.07) is 7.22. The van der Waals surface area contributed by atoms with E-state index in [0.717, 1.165) is 42.3 Å². The Morgan fingerprint density at radius 2 is 2.26 bits per heavy atom. The van der Waals surface area contributed by atoms with Gasteiger partial charge in [0.05, 0.1) is 12.1 Å². The quantitative estimate of drug-likeness (QED) is 0.920. The molecule has 0 bridgehead atoms. The molecule has 2 heterocycles. The van der Waals surface area contributed by atoms with Crippen molar-refractivity contribution in [1.29, 1.82) is 0 Å². The molecule has 1 aromatic heterocycles. The van der Waals surface area contributed by atoms with Crippen molar-refractivity contribution in [1.82, 2.24) is 4.98 Å². The van der Waals surface area contributed by atoms with Crippen LogP contribution in [0.3, 0.4) is 0 Å². The smallest absolute Gasteiger partial charge is 0.158 e. The maximum Gasteiger partial charge on any atom is 0.158 e. The van der Waals surface area contributed by atoms with Crippen molar-refractivity contribution in [2.45, 2.75) is 32.2 Å². The molecule has 2 aromatic rings. The predicted octanol–water partition coefficient (Wildman–Crippen LogP) is 2.98. The Bertz CT molecular complexity index is 564. The first kappa shape index (κ1) is 12.4. The third kappa shape index (κ3) is 2.69. The lowest BCUT2D eigenvalue weighted by molar-refractivity contribution is -0.168. The average Bonchev–Trinajstić information content (AvgIpc) is 2.48. The number of pyridine rings is 1. The van der Waals surface area contributed by atoms with Crippen molar-refractivity contribution in [3.63, 3.8) is 0 Å². The summed E-state index contributed by atoms with van der Waals surface area (Å²) in [6.45, 7) is 1.23. The maximum absolute atomic E-state index is 9.81. The molecule has 1 atom stereocenters. The van der Waals surface area contributed by atoms with Crippen molar-refractivity contribution in [2.75, 3.05) is 6.61 Å². The Kier molecular flexibility index (Phi) is 3.62. The van der Waals surface area contributed by atoms with Crippen LogP contribution >= 0.6 is 0 Å². The molecule has 1 aliphatic rings. The Morgan fingerprint density at radius 3 is 3.11 bits per heavy atom. The highest BCUT2D eigenvalue weighted by atomic mass is 16.7. The van der Waals surface area contributed by atoms with Gasteiger partial charge in [-0.2, -0.15) is 0 Å². The summed E-state index contributed by atoms with van der Waals surface area (Å²) in [5.74, 6) is 0.251. The van der Waals surface area contributed by atoms with Crippen LogP contribution in [0.5, 0.6) is 5.75 Å². The molecule has 4 nitrogen and oxygen atoms in total. The maximum atomic E-state index is 9.81. The zero-order valence-corrected chi connectivity index (χ0v) is 10.7. The van der Waals surface area contributed by atoms with E-state index in [9.17, 15) is 5.11 Å². The van der Waals surface area contributed by atoms with Gasteiger partial charge in [-0.25, -0.2) is 0 Å². The van der Waals surface area contributed by atoms with Gasteiger partial charge in [0.25, 0.3) is 0 Å². The lowest BCUT2D eigenvalue weighted by atomic mass is 10.1. The second kappa shape index (κ2) is 5.55. The number of rotatable bonds is 3. The van der Waals surface area contributed by atoms with Gasteiger partial charge in [-0.1, -0.05) is 6.07 Å². The molecule has 0 aliphatic carbocycles. The minimum atomic E-state index is -0.110. The average molecular weight is 259 g/mol. The van der Waals surface area contributed by atoms with E-state index in [2.05, 4.69) is 4.98 Å². The van der Waals surface area contributed by atoms with Gasteiger partial charge in [0.15, 0.2) is 6.29 Å². The first-order valence-corrected chi connectivity index (χ1v) is 6.63. The van der Waals surface area contributed by atoms with E-state index in [0.29, 0.717) is 6.61 Å². The molecule has 4 heteroatoms. The summed E-state index contributed by atoms with van der Waals surface area (Å²) in [7, 11) is 0. The number of fused-ring (bicyclic) bond motifs is 1. The van der Waals surface area contributed by atoms with E-state index in [1.165, 1.54) is 0 Å². The predicted molar refractivity (Wildman–Crippen MR) is 71.8 cm³/mol. The fourth-order valence-electron chi connectivity index (χ4n) is 2.36. The topological polar surface area (TPSA) is 51.6 Å². The first-order chi connectivity index (χ1) is 9.34. The number of hydrogen-bond donors (Lipinski definition) is 1. The molecule has 1 saturated heterocycles. The van der Waals surface area contributed by atoms with Gasteiger partial charge in [0.1, 0.15) is 5.75 Å². The van der Waals surface area contributed by atoms with Crippen LogP contribution in [0.2, 0.25) is 0 Å². The number of nitrogens with zero attached hydrogens (tertiary/aromatic N) is 1. The zero-order chi connectivity index (χ0) is 13.1. The Hall–Kier alpha value is -1.65. The summed E-state index contributed by atoms with van der Waals surface area (Å²) in [5, 5.41) is 10.6. The van der Waals surface area contributed by atoms with Gasteiger partial charge in [-0.05, 0) is 37.5 Å². The number of hydrogen-bond acceptors (Lipinski definition) is 4. The van der Waals surface area contributed by atoms with Gasteiger partial charge < -0.3 is 14.6 Å². The highest BCUT2D eigenvalue weighted by Crippen LogP contribution is 2.26. The van der Waals surface area contributed by atoms with Gasteiger partial charge in [0.2, 0.25) is 0 Å². The van der Waals surface area contributed by atoms with E-state index >= 15 is 0 Å². The zero-order valence-electron chi connectivity index (χ0n) is 10.7. The van der Waals surface area contributed by atoms with Crippen LogP contribution in [0.25, 0.3) is 10.9 Å². The Balaban J connectivity index is 1.79. The monoisotopic (exact) mass is 259 g/mol. The van der Waals surface area contributed by atoms with Crippen molar-refractivity contribution < 1.29 is 14.6 Å². The highest BCUT2D eigenvalue weighted by Gasteiger charge is 2.15. The number of phenols is 1. The number of ether oxygens (including phenoxy) is 2. The number of benzene rings is 1. The summed E-state index contributed by atoms with van der Waals surface area (Å²) in [6.07, 6.45) is 4.83. The van der Waals surface area contributed by atoms with Gasteiger partial charge in [0, 0.05) is 23.8 Å². The SMILES string of the molecule is Oc1ccc(COC2CCCCO2)c2ncccc12. The molecule has 0 spiro atoms. The molecule has 1 aliphatic heterocycles. The van der Waals surface area contributed by atoms with E-state index in [1.54, 1.807) is 12.3 Å². The van der Waals surface area contributed by atoms with Crippen LogP contribution in [0, 0.1) is 0 Å². The van der Waals surface area contributed by atoms with Gasteiger partial charge in [-0.3, -0.25) is 4.98 Å². The fraction of sp³-hybridized carbons (Fsp3) is 0.400. The second-order valence-corrected chi connectivity index (χ2v) is 4.75. The summed E-state index contributed by atoms with van der Waals surface area (Å²) in [4.78, 5) is 4.32. The molecule has 0 radical (unpaired) electrons. The van der Waals surface area contributed by atoms with E-state index in [-0.39, 0.29) is 12.0 Å². The van der Waals surface area contributed by atoms with E-state index < -0.39 is 0 Å². The number of aromatic hydroxyl groups is 1. The minimum Gasteiger partial charge on any atom is -0.507 e. The molecule has 1 fully saturated rings. The van der Waals surface area contributed by atoms with E-state index in [1.807, 2.05) is 18.2 Å². The standard InChI is InChI=1S/C15H17NO3/c17-13-7-6-11(15-12(13)4-3-8-16-15)10-19-14-5-1-2-9-18-14/h3-4,6-8,14,17H,1-2,5,9-10H2. The number of phenolic OH excluding ortho intramolecular Hbond substituents is 1. The molecular weight excluding hydrogens is 242 g/mol. The largest absolute Gasteiger partial charge is 0.507 e. The molecular formula is C15H17NO3. The van der Waals surface area contributed by atoms with Crippen molar-refractivity contribution in [3.05, 3.63) is 36.0 Å². The first-order valence-electron chi connectivity index (χ1n) is 6.63. The molecule has 1 N–H and O–H groups in total. The lowest BCUT2D eigenvalue weighted by Crippen LogP contribution is -2.22. The Morgan fingerprint density at radius 1 is 1.32 bits per heavy atom. The van der Waals surface area contributed by atoms with Crippen LogP contribution in [-0.2, 0) is 16.1 Å². The van der Waals surface area contributed by atoms with Crippen molar-refractivity contribution in [3.8, 4) is 5.75 Å². The van der Waals surface area contributed by atoms with Gasteiger partial charge >= 0.3 is 0 Å². The van der Waals surface area contributed by atoms with Crippen LogP contribution < -0.4 is 0 Å². The minimum absolute atomic E-state index is 0.110. The molecule has 19 heavy (non-hydrogen) atoms. The van der Waals surface area contributed by atoms with Crippen LogP contribution in [0.1, 0.15) is 24.8 Å². The summed E-state index contributed by atoms with van der Waals surface area (Å²) < 4.78 is 11.3. The van der Waals surface area contributed by atoms with E-state index in [4.69, 9.17) is 9.47 Å². The molecule has 1 unspecified atom stereocenters. The van der Waals surface area contributed by atoms with Crippen molar-refractivity contribution in [2.24, 2.45) is 0 Å². The molecule has 100 valence electrons. The molecule has 0 amide bonds. The summed E-state index contributed by atoms with van der Waals surface area (Å²) in [5.41, 5.74) is 1.76. The van der Waals surface area contributed by atoms with Crippen molar-refractivity contribution >= 4 is 10.9 Å². The Labute approximate surface area is 112 Å². The normalized spacial score (nSPS) is 19.7. The molecule has 1 aromatic carbocycles. The summed E-state index contributed by atoms with van der Waals surface area (Å²) >= 11 is 0.